The number of likely N-dealkylation sites (tertiary alicyclic amines) is 1. The lowest BCUT2D eigenvalue weighted by atomic mass is 10.3. The summed E-state index contributed by atoms with van der Waals surface area (Å²) in [5.41, 5.74) is 0. The van der Waals surface area contributed by atoms with Gasteiger partial charge in [0.1, 0.15) is 11.9 Å². The van der Waals surface area contributed by atoms with Gasteiger partial charge in [0, 0.05) is 38.3 Å². The van der Waals surface area contributed by atoms with Crippen molar-refractivity contribution in [3.8, 4) is 5.88 Å². The van der Waals surface area contributed by atoms with Crippen molar-refractivity contribution in [3.63, 3.8) is 0 Å². The average Bonchev–Trinajstić information content (AvgIpc) is 3.07. The molecule has 1 N–H and O–H groups in total. The molecule has 0 aliphatic carbocycles. The molecule has 2 aliphatic rings. The third-order valence-corrected chi connectivity index (χ3v) is 3.54. The van der Waals surface area contributed by atoms with Gasteiger partial charge >= 0.3 is 12.1 Å². The van der Waals surface area contributed by atoms with Crippen molar-refractivity contribution < 1.29 is 14.3 Å². The van der Waals surface area contributed by atoms with Crippen molar-refractivity contribution in [1.29, 1.82) is 0 Å². The maximum absolute atomic E-state index is 12.2. The molecule has 1 aromatic heterocycles. The van der Waals surface area contributed by atoms with Crippen LogP contribution in [0.25, 0.3) is 0 Å². The van der Waals surface area contributed by atoms with E-state index in [0.717, 1.165) is 6.42 Å². The Kier molecular flexibility index (Phi) is 3.59. The smallest absolute Gasteiger partial charge is 0.328 e. The van der Waals surface area contributed by atoms with Crippen molar-refractivity contribution >= 4 is 12.1 Å². The molecule has 0 radical (unpaired) electrons. The Hall–Kier alpha value is -2.38. The Labute approximate surface area is 122 Å². The van der Waals surface area contributed by atoms with Gasteiger partial charge < -0.3 is 15.0 Å². The Balaban J connectivity index is 1.58. The van der Waals surface area contributed by atoms with Crippen LogP contribution in [0.2, 0.25) is 0 Å². The predicted octanol–water partition coefficient (Wildman–Crippen LogP) is 0.383. The lowest BCUT2D eigenvalue weighted by molar-refractivity contribution is 0.160. The van der Waals surface area contributed by atoms with Crippen molar-refractivity contribution in [3.05, 3.63) is 18.1 Å². The summed E-state index contributed by atoms with van der Waals surface area (Å²) in [4.78, 5) is 34.8. The fraction of sp³-hybridized carbons (Fsp3) is 0.538. The highest BCUT2D eigenvalue weighted by molar-refractivity contribution is 5.95. The van der Waals surface area contributed by atoms with E-state index in [4.69, 9.17) is 4.74 Å². The fourth-order valence-corrected chi connectivity index (χ4v) is 2.49. The fourth-order valence-electron chi connectivity index (χ4n) is 2.49. The lowest BCUT2D eigenvalue weighted by Crippen LogP contribution is -2.44. The molecular formula is C13H17N5O3. The number of aromatic nitrogens is 2. The monoisotopic (exact) mass is 291 g/mol. The van der Waals surface area contributed by atoms with Gasteiger partial charge in [0.05, 0.1) is 6.54 Å². The van der Waals surface area contributed by atoms with Crippen LogP contribution in [0.1, 0.15) is 12.2 Å². The second-order valence-corrected chi connectivity index (χ2v) is 5.08. The number of nitrogens with zero attached hydrogens (tertiary/aromatic N) is 4. The minimum absolute atomic E-state index is 0.103. The SMILES string of the molecule is Cc1nccc(O[C@@H]2CCN(C(=O)N3CCNC3=O)C2)n1. The van der Waals surface area contributed by atoms with Gasteiger partial charge in [-0.1, -0.05) is 0 Å². The van der Waals surface area contributed by atoms with Gasteiger partial charge in [-0.05, 0) is 6.92 Å². The summed E-state index contributed by atoms with van der Waals surface area (Å²) in [5, 5.41) is 2.62. The number of ether oxygens (including phenoxy) is 1. The molecule has 0 bridgehead atoms. The van der Waals surface area contributed by atoms with Crippen LogP contribution in [0.4, 0.5) is 9.59 Å². The lowest BCUT2D eigenvalue weighted by Gasteiger charge is -2.21. The maximum Gasteiger partial charge on any atom is 0.328 e. The van der Waals surface area contributed by atoms with E-state index in [-0.39, 0.29) is 18.2 Å². The van der Waals surface area contributed by atoms with Gasteiger partial charge in [0.25, 0.3) is 0 Å². The number of urea groups is 2. The first-order valence-corrected chi connectivity index (χ1v) is 6.94. The highest BCUT2D eigenvalue weighted by Gasteiger charge is 2.35. The van der Waals surface area contributed by atoms with E-state index in [1.54, 1.807) is 24.1 Å². The number of hydrogen-bond donors (Lipinski definition) is 1. The Morgan fingerprint density at radius 1 is 1.48 bits per heavy atom. The number of hydrogen-bond acceptors (Lipinski definition) is 5. The summed E-state index contributed by atoms with van der Waals surface area (Å²) in [6.07, 6.45) is 2.27. The summed E-state index contributed by atoms with van der Waals surface area (Å²) >= 11 is 0. The Bertz CT molecular complexity index is 564. The molecule has 0 saturated carbocycles. The molecule has 21 heavy (non-hydrogen) atoms. The molecule has 8 heteroatoms. The van der Waals surface area contributed by atoms with E-state index < -0.39 is 0 Å². The van der Waals surface area contributed by atoms with Gasteiger partial charge in [-0.15, -0.1) is 0 Å². The van der Waals surface area contributed by atoms with Gasteiger partial charge in [0.15, 0.2) is 0 Å². The standard InChI is InChI=1S/C13H17N5O3/c1-9-14-4-2-11(16-9)21-10-3-6-17(8-10)13(20)18-7-5-15-12(18)19/h2,4,10H,3,5-8H2,1H3,(H,15,19)/t10-/m1/s1. The molecule has 112 valence electrons. The second-order valence-electron chi connectivity index (χ2n) is 5.08. The Morgan fingerprint density at radius 3 is 3.05 bits per heavy atom. The third-order valence-electron chi connectivity index (χ3n) is 3.54. The second kappa shape index (κ2) is 5.55. The molecular weight excluding hydrogens is 274 g/mol. The summed E-state index contributed by atoms with van der Waals surface area (Å²) in [6, 6.07) is 1.12. The Morgan fingerprint density at radius 2 is 2.33 bits per heavy atom. The molecule has 3 heterocycles. The molecule has 4 amide bonds. The topological polar surface area (TPSA) is 87.7 Å². The molecule has 3 rings (SSSR count). The largest absolute Gasteiger partial charge is 0.472 e. The van der Waals surface area contributed by atoms with Crippen LogP contribution in [-0.4, -0.2) is 64.1 Å². The van der Waals surface area contributed by atoms with Gasteiger partial charge in [0.2, 0.25) is 5.88 Å². The number of nitrogens with one attached hydrogen (secondary N) is 1. The van der Waals surface area contributed by atoms with Crippen LogP contribution in [-0.2, 0) is 0 Å². The molecule has 2 fully saturated rings. The van der Waals surface area contributed by atoms with E-state index in [2.05, 4.69) is 15.3 Å². The number of carbonyl (C=O) groups excluding carboxylic acids is 2. The van der Waals surface area contributed by atoms with Crippen LogP contribution in [0.5, 0.6) is 5.88 Å². The van der Waals surface area contributed by atoms with Crippen LogP contribution in [0.15, 0.2) is 12.3 Å². The molecule has 1 aromatic rings. The molecule has 2 saturated heterocycles. The third kappa shape index (κ3) is 2.88. The van der Waals surface area contributed by atoms with Gasteiger partial charge in [-0.2, -0.15) is 4.98 Å². The molecule has 0 unspecified atom stereocenters. The number of rotatable bonds is 2. The minimum Gasteiger partial charge on any atom is -0.472 e. The van der Waals surface area contributed by atoms with Gasteiger partial charge in [-0.3, -0.25) is 0 Å². The number of carbonyl (C=O) groups is 2. The average molecular weight is 291 g/mol. The van der Waals surface area contributed by atoms with E-state index in [1.807, 2.05) is 0 Å². The summed E-state index contributed by atoms with van der Waals surface area (Å²) in [5.74, 6) is 1.16. The highest BCUT2D eigenvalue weighted by atomic mass is 16.5. The molecule has 0 spiro atoms. The van der Waals surface area contributed by atoms with E-state index in [0.29, 0.717) is 37.9 Å². The van der Waals surface area contributed by atoms with Crippen LogP contribution in [0.3, 0.4) is 0 Å². The zero-order chi connectivity index (χ0) is 14.8. The van der Waals surface area contributed by atoms with Crippen LogP contribution < -0.4 is 10.1 Å². The van der Waals surface area contributed by atoms with Crippen molar-refractivity contribution in [2.24, 2.45) is 0 Å². The van der Waals surface area contributed by atoms with Gasteiger partial charge in [-0.25, -0.2) is 19.5 Å². The predicted molar refractivity (Wildman–Crippen MR) is 72.9 cm³/mol. The minimum atomic E-state index is -0.323. The van der Waals surface area contributed by atoms with Crippen molar-refractivity contribution in [2.45, 2.75) is 19.4 Å². The van der Waals surface area contributed by atoms with Crippen molar-refractivity contribution in [2.75, 3.05) is 26.2 Å². The summed E-state index contributed by atoms with van der Waals surface area (Å²) in [6.45, 7) is 3.77. The molecule has 2 aliphatic heterocycles. The van der Waals surface area contributed by atoms with Crippen LogP contribution >= 0.6 is 0 Å². The number of imide groups is 1. The zero-order valence-electron chi connectivity index (χ0n) is 11.8. The number of aryl methyl sites for hydroxylation is 1. The van der Waals surface area contributed by atoms with E-state index in [1.165, 1.54) is 4.90 Å². The first kappa shape index (κ1) is 13.6. The first-order valence-electron chi connectivity index (χ1n) is 6.94. The maximum atomic E-state index is 12.2. The molecule has 8 nitrogen and oxygen atoms in total. The zero-order valence-corrected chi connectivity index (χ0v) is 11.8. The quantitative estimate of drug-likeness (QED) is 0.851. The van der Waals surface area contributed by atoms with E-state index in [9.17, 15) is 9.59 Å². The van der Waals surface area contributed by atoms with Crippen molar-refractivity contribution in [1.82, 2.24) is 25.1 Å². The molecule has 0 aromatic carbocycles. The summed E-state index contributed by atoms with van der Waals surface area (Å²) in [7, 11) is 0. The first-order chi connectivity index (χ1) is 10.1. The van der Waals surface area contributed by atoms with E-state index >= 15 is 0 Å². The molecule has 1 atom stereocenters. The highest BCUT2D eigenvalue weighted by Crippen LogP contribution is 2.18. The normalized spacial score (nSPS) is 21.6. The number of amides is 4. The van der Waals surface area contributed by atoms with Crippen LogP contribution in [0, 0.1) is 6.92 Å². The summed E-state index contributed by atoms with van der Waals surface area (Å²) < 4.78 is 5.76.